The lowest BCUT2D eigenvalue weighted by molar-refractivity contribution is -0.161. The van der Waals surface area contributed by atoms with Gasteiger partial charge in [-0.1, -0.05) is 440 Å². The van der Waals surface area contributed by atoms with Gasteiger partial charge in [-0.15, -0.1) is 0 Å². The Bertz CT molecular complexity index is 2100. The van der Waals surface area contributed by atoms with E-state index >= 15 is 0 Å². The average molecular weight is 1610 g/mol. The molecule has 0 aromatic heterocycles. The fourth-order valence-corrected chi connectivity index (χ4v) is 15.9. The van der Waals surface area contributed by atoms with Crippen molar-refractivity contribution in [1.29, 1.82) is 0 Å². The second-order valence-electron chi connectivity index (χ2n) is 33.6. The van der Waals surface area contributed by atoms with E-state index < -0.39 is 97.5 Å². The molecule has 0 aliphatic carbocycles. The maximum atomic E-state index is 13.2. The van der Waals surface area contributed by atoms with E-state index in [2.05, 4.69) is 41.5 Å². The van der Waals surface area contributed by atoms with Crippen LogP contribution in [-0.4, -0.2) is 96.7 Å². The van der Waals surface area contributed by atoms with Crippen LogP contribution in [0, 0.1) is 11.8 Å². The lowest BCUT2D eigenvalue weighted by Gasteiger charge is -2.21. The Kier molecular flexibility index (Phi) is 80.7. The standard InChI is InChI=1S/C91H178O17P2/c1-7-9-11-13-15-17-19-21-22-23-24-25-26-33-39-45-51-57-63-69-75-90(95)108-87(80-102-89(94)74-68-62-56-50-44-38-32-28-27-30-36-41-47-53-59-65-71-83(3)4)82-106-110(99,100)104-78-85(92)77-103-109(97,98)105-81-86(79-101-88(93)73-67-61-55-49-43-35-20-18-16-14-12-10-8-2)107-91(96)76-70-64-58-52-46-40-34-29-31-37-42-48-54-60-66-72-84(5)6/h83-87,92H,7-82H2,1-6H3,(H,97,98)(H,99,100)/t85-,86+,87+/m0/s1. The van der Waals surface area contributed by atoms with E-state index in [0.29, 0.717) is 25.7 Å². The first-order valence-corrected chi connectivity index (χ1v) is 50.0. The Morgan fingerprint density at radius 2 is 0.418 bits per heavy atom. The first kappa shape index (κ1) is 108. The minimum absolute atomic E-state index is 0.109. The van der Waals surface area contributed by atoms with Crippen molar-refractivity contribution in [2.75, 3.05) is 39.6 Å². The van der Waals surface area contributed by atoms with Gasteiger partial charge in [0.25, 0.3) is 0 Å². The van der Waals surface area contributed by atoms with Crippen LogP contribution in [0.3, 0.4) is 0 Å². The molecule has 0 aromatic carbocycles. The van der Waals surface area contributed by atoms with Crippen molar-refractivity contribution < 1.29 is 80.2 Å². The quantitative estimate of drug-likeness (QED) is 0.0222. The summed E-state index contributed by atoms with van der Waals surface area (Å²) in [6.07, 6.45) is 76.3. The zero-order valence-electron chi connectivity index (χ0n) is 72.6. The Labute approximate surface area is 677 Å². The molecule has 0 bridgehead atoms. The van der Waals surface area contributed by atoms with Crippen molar-refractivity contribution >= 4 is 39.5 Å². The van der Waals surface area contributed by atoms with Crippen molar-refractivity contribution in [2.45, 2.75) is 509 Å². The second kappa shape index (κ2) is 82.2. The van der Waals surface area contributed by atoms with Crippen molar-refractivity contribution in [3.8, 4) is 0 Å². The molecule has 0 spiro atoms. The minimum Gasteiger partial charge on any atom is -0.462 e. The third-order valence-corrected chi connectivity index (χ3v) is 23.4. The number of carbonyl (C=O) groups is 4. The van der Waals surface area contributed by atoms with Crippen LogP contribution in [0.5, 0.6) is 0 Å². The van der Waals surface area contributed by atoms with Gasteiger partial charge in [0.15, 0.2) is 12.2 Å². The van der Waals surface area contributed by atoms with Gasteiger partial charge in [-0.3, -0.25) is 37.3 Å². The molecular weight excluding hydrogens is 1430 g/mol. The van der Waals surface area contributed by atoms with Crippen molar-refractivity contribution in [2.24, 2.45) is 11.8 Å². The largest absolute Gasteiger partial charge is 0.472 e. The molecule has 0 amide bonds. The minimum atomic E-state index is -4.97. The van der Waals surface area contributed by atoms with Crippen LogP contribution in [0.2, 0.25) is 0 Å². The summed E-state index contributed by atoms with van der Waals surface area (Å²) in [5.74, 6) is -0.478. The highest BCUT2D eigenvalue weighted by Crippen LogP contribution is 2.45. The molecule has 5 atom stereocenters. The third kappa shape index (κ3) is 84.0. The molecule has 2 unspecified atom stereocenters. The van der Waals surface area contributed by atoms with Crippen LogP contribution in [0.15, 0.2) is 0 Å². The summed E-state index contributed by atoms with van der Waals surface area (Å²) in [5, 5.41) is 10.7. The van der Waals surface area contributed by atoms with E-state index in [4.69, 9.17) is 37.0 Å². The summed E-state index contributed by atoms with van der Waals surface area (Å²) in [4.78, 5) is 73.5. The van der Waals surface area contributed by atoms with E-state index in [1.807, 2.05) is 0 Å². The monoisotopic (exact) mass is 1610 g/mol. The number of esters is 4. The van der Waals surface area contributed by atoms with Gasteiger partial charge in [-0.2, -0.15) is 0 Å². The first-order chi connectivity index (χ1) is 53.4. The van der Waals surface area contributed by atoms with Crippen molar-refractivity contribution in [3.63, 3.8) is 0 Å². The number of hydrogen-bond donors (Lipinski definition) is 3. The Hall–Kier alpha value is -1.94. The van der Waals surface area contributed by atoms with E-state index in [-0.39, 0.29) is 25.7 Å². The Morgan fingerprint density at radius 3 is 0.618 bits per heavy atom. The molecule has 0 saturated carbocycles. The summed E-state index contributed by atoms with van der Waals surface area (Å²) >= 11 is 0. The van der Waals surface area contributed by atoms with E-state index in [9.17, 15) is 43.2 Å². The number of carbonyl (C=O) groups excluding carboxylic acids is 4. The lowest BCUT2D eigenvalue weighted by atomic mass is 10.0. The SMILES string of the molecule is CCCCCCCCCCCCCCCCCCCCCCC(=O)O[C@H](COC(=O)CCCCCCCCCCCCCCCCCCC(C)C)COP(=O)(O)OC[C@@H](O)COP(=O)(O)OC[C@@H](COC(=O)CCCCCCCCCCCCCCC)OC(=O)CCCCCCCCCCCCCCCCCC(C)C. The summed E-state index contributed by atoms with van der Waals surface area (Å²) in [6, 6.07) is 0. The summed E-state index contributed by atoms with van der Waals surface area (Å²) in [6.45, 7) is 9.77. The van der Waals surface area contributed by atoms with E-state index in [1.54, 1.807) is 0 Å². The highest BCUT2D eigenvalue weighted by molar-refractivity contribution is 7.47. The summed E-state index contributed by atoms with van der Waals surface area (Å²) in [7, 11) is -9.94. The van der Waals surface area contributed by atoms with Crippen LogP contribution in [0.4, 0.5) is 0 Å². The molecular formula is C91H178O17P2. The molecule has 0 aromatic rings. The number of phosphoric acid groups is 2. The predicted molar refractivity (Wildman–Crippen MR) is 455 cm³/mol. The van der Waals surface area contributed by atoms with Crippen molar-refractivity contribution in [3.05, 3.63) is 0 Å². The average Bonchev–Trinajstić information content (AvgIpc) is 0.899. The van der Waals surface area contributed by atoms with Gasteiger partial charge in [0.1, 0.15) is 19.3 Å². The lowest BCUT2D eigenvalue weighted by Crippen LogP contribution is -2.30. The number of hydrogen-bond acceptors (Lipinski definition) is 15. The fourth-order valence-electron chi connectivity index (χ4n) is 14.3. The smallest absolute Gasteiger partial charge is 0.462 e. The fraction of sp³-hybridized carbons (Fsp3) is 0.956. The summed E-state index contributed by atoms with van der Waals surface area (Å²) in [5.41, 5.74) is 0. The first-order valence-electron chi connectivity index (χ1n) is 47.0. The van der Waals surface area contributed by atoms with Gasteiger partial charge in [-0.25, -0.2) is 9.13 Å². The van der Waals surface area contributed by atoms with E-state index in [0.717, 1.165) is 102 Å². The normalized spacial score (nSPS) is 13.7. The maximum absolute atomic E-state index is 13.2. The molecule has 654 valence electrons. The molecule has 0 aliphatic rings. The zero-order valence-corrected chi connectivity index (χ0v) is 74.4. The highest BCUT2D eigenvalue weighted by Gasteiger charge is 2.31. The molecule has 0 aliphatic heterocycles. The summed E-state index contributed by atoms with van der Waals surface area (Å²) < 4.78 is 69.1. The van der Waals surface area contributed by atoms with Gasteiger partial charge in [-0.05, 0) is 37.5 Å². The van der Waals surface area contributed by atoms with Crippen LogP contribution >= 0.6 is 15.6 Å². The van der Waals surface area contributed by atoms with Crippen LogP contribution in [0.1, 0.15) is 491 Å². The van der Waals surface area contributed by atoms with Gasteiger partial charge in [0.05, 0.1) is 26.4 Å². The number of rotatable bonds is 90. The molecule has 110 heavy (non-hydrogen) atoms. The number of aliphatic hydroxyl groups excluding tert-OH is 1. The number of unbranched alkanes of at least 4 members (excludes halogenated alkanes) is 60. The van der Waals surface area contributed by atoms with Gasteiger partial charge < -0.3 is 33.8 Å². The van der Waals surface area contributed by atoms with Gasteiger partial charge in [0, 0.05) is 25.7 Å². The molecule has 0 saturated heterocycles. The molecule has 0 fully saturated rings. The molecule has 0 radical (unpaired) electrons. The number of ether oxygens (including phenoxy) is 4. The van der Waals surface area contributed by atoms with E-state index in [1.165, 1.54) is 308 Å². The third-order valence-electron chi connectivity index (χ3n) is 21.5. The molecule has 0 heterocycles. The van der Waals surface area contributed by atoms with Gasteiger partial charge >= 0.3 is 39.5 Å². The van der Waals surface area contributed by atoms with Gasteiger partial charge in [0.2, 0.25) is 0 Å². The highest BCUT2D eigenvalue weighted by atomic mass is 31.2. The molecule has 3 N–H and O–H groups in total. The molecule has 17 nitrogen and oxygen atoms in total. The zero-order chi connectivity index (χ0) is 80.6. The molecule has 0 rings (SSSR count). The predicted octanol–water partition coefficient (Wildman–Crippen LogP) is 28.2. The Balaban J connectivity index is 5.26. The topological polar surface area (TPSA) is 237 Å². The maximum Gasteiger partial charge on any atom is 0.472 e. The number of phosphoric ester groups is 2. The number of aliphatic hydroxyl groups is 1. The van der Waals surface area contributed by atoms with Crippen LogP contribution in [0.25, 0.3) is 0 Å². The van der Waals surface area contributed by atoms with Crippen molar-refractivity contribution in [1.82, 2.24) is 0 Å². The second-order valence-corrected chi connectivity index (χ2v) is 36.6. The Morgan fingerprint density at radius 1 is 0.245 bits per heavy atom. The van der Waals surface area contributed by atoms with Crippen LogP contribution in [-0.2, 0) is 65.4 Å². The van der Waals surface area contributed by atoms with Crippen LogP contribution < -0.4 is 0 Å². The molecule has 19 heteroatoms.